The fraction of sp³-hybridized carbons (Fsp3) is 0.562. The van der Waals surface area contributed by atoms with E-state index in [-0.39, 0.29) is 12.5 Å². The SMILES string of the molecule is CCc1nnc(-c2cccn2CC(=O)NC2CCCCC2)o1. The first-order valence-corrected chi connectivity index (χ1v) is 8.03. The second kappa shape index (κ2) is 6.77. The lowest BCUT2D eigenvalue weighted by atomic mass is 9.95. The van der Waals surface area contributed by atoms with E-state index in [1.807, 2.05) is 29.8 Å². The van der Waals surface area contributed by atoms with Gasteiger partial charge in [0.15, 0.2) is 0 Å². The Hall–Kier alpha value is -2.11. The van der Waals surface area contributed by atoms with Crippen molar-refractivity contribution >= 4 is 5.91 Å². The topological polar surface area (TPSA) is 73.0 Å². The zero-order valence-corrected chi connectivity index (χ0v) is 12.9. The number of aryl methyl sites for hydroxylation is 1. The predicted octanol–water partition coefficient (Wildman–Crippen LogP) is 2.55. The molecule has 0 aromatic carbocycles. The number of hydrogen-bond acceptors (Lipinski definition) is 4. The first-order valence-electron chi connectivity index (χ1n) is 8.03. The molecule has 1 saturated carbocycles. The standard InChI is InChI=1S/C16H22N4O2/c1-2-15-18-19-16(22-15)13-9-6-10-20(13)11-14(21)17-12-7-4-3-5-8-12/h6,9-10,12H,2-5,7-8,11H2,1H3,(H,17,21). The van der Waals surface area contributed by atoms with Crippen LogP contribution in [-0.2, 0) is 17.8 Å². The van der Waals surface area contributed by atoms with Crippen molar-refractivity contribution in [1.82, 2.24) is 20.1 Å². The molecule has 1 aliphatic carbocycles. The van der Waals surface area contributed by atoms with Crippen LogP contribution < -0.4 is 5.32 Å². The molecule has 0 bridgehead atoms. The van der Waals surface area contributed by atoms with Crippen LogP contribution in [-0.4, -0.2) is 26.7 Å². The summed E-state index contributed by atoms with van der Waals surface area (Å²) in [5, 5.41) is 11.1. The Labute approximate surface area is 129 Å². The molecule has 6 nitrogen and oxygen atoms in total. The molecule has 0 saturated heterocycles. The van der Waals surface area contributed by atoms with Crippen LogP contribution in [0.1, 0.15) is 44.9 Å². The molecule has 1 fully saturated rings. The van der Waals surface area contributed by atoms with Crippen molar-refractivity contribution in [2.75, 3.05) is 0 Å². The summed E-state index contributed by atoms with van der Waals surface area (Å²) < 4.78 is 7.43. The van der Waals surface area contributed by atoms with Gasteiger partial charge >= 0.3 is 0 Å². The summed E-state index contributed by atoms with van der Waals surface area (Å²) in [4.78, 5) is 12.2. The number of amides is 1. The van der Waals surface area contributed by atoms with Crippen LogP contribution in [0.4, 0.5) is 0 Å². The summed E-state index contributed by atoms with van der Waals surface area (Å²) in [5.74, 6) is 1.11. The highest BCUT2D eigenvalue weighted by atomic mass is 16.4. The molecule has 118 valence electrons. The first-order chi connectivity index (χ1) is 10.8. The van der Waals surface area contributed by atoms with Gasteiger partial charge in [-0.1, -0.05) is 26.2 Å². The summed E-state index contributed by atoms with van der Waals surface area (Å²) in [6.07, 6.45) is 8.46. The highest BCUT2D eigenvalue weighted by Gasteiger charge is 2.17. The van der Waals surface area contributed by atoms with Gasteiger partial charge in [-0.2, -0.15) is 0 Å². The lowest BCUT2D eigenvalue weighted by Crippen LogP contribution is -2.38. The van der Waals surface area contributed by atoms with Crippen LogP contribution in [0.5, 0.6) is 0 Å². The maximum absolute atomic E-state index is 12.2. The van der Waals surface area contributed by atoms with Crippen molar-refractivity contribution in [3.8, 4) is 11.6 Å². The number of carbonyl (C=O) groups excluding carboxylic acids is 1. The molecule has 22 heavy (non-hydrogen) atoms. The third-order valence-corrected chi connectivity index (χ3v) is 4.10. The molecule has 1 N–H and O–H groups in total. The average molecular weight is 302 g/mol. The average Bonchev–Trinajstić information content (AvgIpc) is 3.16. The van der Waals surface area contributed by atoms with Gasteiger partial charge in [0.25, 0.3) is 5.89 Å². The molecule has 0 aliphatic heterocycles. The van der Waals surface area contributed by atoms with Crippen molar-refractivity contribution in [3.63, 3.8) is 0 Å². The van der Waals surface area contributed by atoms with Gasteiger partial charge in [-0.15, -0.1) is 10.2 Å². The molecule has 0 radical (unpaired) electrons. The summed E-state index contributed by atoms with van der Waals surface area (Å²) in [7, 11) is 0. The lowest BCUT2D eigenvalue weighted by molar-refractivity contribution is -0.122. The van der Waals surface area contributed by atoms with Gasteiger partial charge < -0.3 is 14.3 Å². The number of carbonyl (C=O) groups is 1. The van der Waals surface area contributed by atoms with Gasteiger partial charge in [0.2, 0.25) is 11.8 Å². The Kier molecular flexibility index (Phi) is 4.56. The molecule has 0 unspecified atom stereocenters. The number of nitrogens with zero attached hydrogens (tertiary/aromatic N) is 3. The largest absolute Gasteiger partial charge is 0.419 e. The quantitative estimate of drug-likeness (QED) is 0.921. The van der Waals surface area contributed by atoms with Gasteiger partial charge in [-0.05, 0) is 25.0 Å². The first kappa shape index (κ1) is 14.8. The maximum atomic E-state index is 12.2. The second-order valence-electron chi connectivity index (χ2n) is 5.78. The maximum Gasteiger partial charge on any atom is 0.264 e. The van der Waals surface area contributed by atoms with E-state index in [0.29, 0.717) is 24.2 Å². The van der Waals surface area contributed by atoms with Gasteiger partial charge in [-0.3, -0.25) is 4.79 Å². The highest BCUT2D eigenvalue weighted by Crippen LogP contribution is 2.20. The van der Waals surface area contributed by atoms with Gasteiger partial charge in [0.1, 0.15) is 12.2 Å². The Morgan fingerprint density at radius 3 is 2.91 bits per heavy atom. The van der Waals surface area contributed by atoms with E-state index in [0.717, 1.165) is 18.5 Å². The van der Waals surface area contributed by atoms with E-state index in [9.17, 15) is 4.79 Å². The van der Waals surface area contributed by atoms with Crippen LogP contribution in [0.25, 0.3) is 11.6 Å². The van der Waals surface area contributed by atoms with Crippen molar-refractivity contribution in [2.45, 2.75) is 58.0 Å². The molecular formula is C16H22N4O2. The summed E-state index contributed by atoms with van der Waals surface area (Å²) in [5.41, 5.74) is 0.783. The van der Waals surface area contributed by atoms with Crippen molar-refractivity contribution in [3.05, 3.63) is 24.2 Å². The van der Waals surface area contributed by atoms with Crippen molar-refractivity contribution in [2.24, 2.45) is 0 Å². The molecule has 2 aromatic rings. The van der Waals surface area contributed by atoms with Crippen LogP contribution in [0.2, 0.25) is 0 Å². The third kappa shape index (κ3) is 3.37. The minimum Gasteiger partial charge on any atom is -0.419 e. The minimum atomic E-state index is 0.0413. The Bertz CT molecular complexity index is 626. The number of aromatic nitrogens is 3. The molecular weight excluding hydrogens is 280 g/mol. The van der Waals surface area contributed by atoms with E-state index < -0.39 is 0 Å². The van der Waals surface area contributed by atoms with E-state index in [4.69, 9.17) is 4.42 Å². The molecule has 3 rings (SSSR count). The van der Waals surface area contributed by atoms with Crippen LogP contribution in [0, 0.1) is 0 Å². The van der Waals surface area contributed by atoms with Crippen LogP contribution >= 0.6 is 0 Å². The lowest BCUT2D eigenvalue weighted by Gasteiger charge is -2.23. The number of hydrogen-bond donors (Lipinski definition) is 1. The zero-order chi connectivity index (χ0) is 15.4. The van der Waals surface area contributed by atoms with E-state index in [1.54, 1.807) is 0 Å². The number of nitrogens with one attached hydrogen (secondary N) is 1. The fourth-order valence-corrected chi connectivity index (χ4v) is 2.92. The molecule has 6 heteroatoms. The number of rotatable bonds is 5. The monoisotopic (exact) mass is 302 g/mol. The van der Waals surface area contributed by atoms with Gasteiger partial charge in [0.05, 0.1) is 0 Å². The predicted molar refractivity (Wildman–Crippen MR) is 82.1 cm³/mol. The van der Waals surface area contributed by atoms with Crippen molar-refractivity contribution in [1.29, 1.82) is 0 Å². The van der Waals surface area contributed by atoms with Gasteiger partial charge in [-0.25, -0.2) is 0 Å². The second-order valence-corrected chi connectivity index (χ2v) is 5.78. The van der Waals surface area contributed by atoms with E-state index >= 15 is 0 Å². The fourth-order valence-electron chi connectivity index (χ4n) is 2.92. The Morgan fingerprint density at radius 2 is 2.18 bits per heavy atom. The molecule has 1 aliphatic rings. The summed E-state index contributed by atoms with van der Waals surface area (Å²) in [6, 6.07) is 4.11. The van der Waals surface area contributed by atoms with Crippen LogP contribution in [0.15, 0.2) is 22.7 Å². The van der Waals surface area contributed by atoms with E-state index in [2.05, 4.69) is 15.5 Å². The molecule has 2 heterocycles. The molecule has 1 amide bonds. The summed E-state index contributed by atoms with van der Waals surface area (Å²) >= 11 is 0. The Morgan fingerprint density at radius 1 is 1.36 bits per heavy atom. The smallest absolute Gasteiger partial charge is 0.264 e. The molecule has 2 aromatic heterocycles. The van der Waals surface area contributed by atoms with Crippen molar-refractivity contribution < 1.29 is 9.21 Å². The Balaban J connectivity index is 1.65. The normalized spacial score (nSPS) is 15.9. The van der Waals surface area contributed by atoms with Crippen LogP contribution in [0.3, 0.4) is 0 Å². The molecule has 0 atom stereocenters. The van der Waals surface area contributed by atoms with Gasteiger partial charge in [0, 0.05) is 18.7 Å². The minimum absolute atomic E-state index is 0.0413. The summed E-state index contributed by atoms with van der Waals surface area (Å²) in [6.45, 7) is 2.25. The zero-order valence-electron chi connectivity index (χ0n) is 12.9. The third-order valence-electron chi connectivity index (χ3n) is 4.10. The highest BCUT2D eigenvalue weighted by molar-refractivity contribution is 5.76. The van der Waals surface area contributed by atoms with E-state index in [1.165, 1.54) is 19.3 Å². The molecule has 0 spiro atoms.